The van der Waals surface area contributed by atoms with Crippen LogP contribution in [-0.2, 0) is 11.3 Å². The zero-order valence-electron chi connectivity index (χ0n) is 10.2. The van der Waals surface area contributed by atoms with Gasteiger partial charge in [-0.15, -0.1) is 0 Å². The summed E-state index contributed by atoms with van der Waals surface area (Å²) in [6.45, 7) is 2.11. The number of likely N-dealkylation sites (N-methyl/N-ethyl adjacent to an activating group) is 1. The van der Waals surface area contributed by atoms with Gasteiger partial charge in [-0.2, -0.15) is 0 Å². The zero-order valence-corrected chi connectivity index (χ0v) is 10.2. The molecule has 0 saturated carbocycles. The van der Waals surface area contributed by atoms with E-state index in [0.717, 1.165) is 0 Å². The van der Waals surface area contributed by atoms with Crippen molar-refractivity contribution in [2.24, 2.45) is 0 Å². The molecule has 1 aromatic rings. The molecule has 0 fully saturated rings. The van der Waals surface area contributed by atoms with E-state index in [2.05, 4.69) is 26.3 Å². The molecule has 1 aliphatic rings. The van der Waals surface area contributed by atoms with E-state index in [4.69, 9.17) is 0 Å². The molecule has 0 aliphatic carbocycles. The van der Waals surface area contributed by atoms with Crippen LogP contribution in [0.1, 0.15) is 12.6 Å². The van der Waals surface area contributed by atoms with Crippen molar-refractivity contribution >= 4 is 23.4 Å². The molecule has 0 spiro atoms. The molecule has 96 valence electrons. The summed E-state index contributed by atoms with van der Waals surface area (Å²) in [6.07, 6.45) is 0. The summed E-state index contributed by atoms with van der Waals surface area (Å²) in [6, 6.07) is 2.84. The number of pyridine rings is 1. The summed E-state index contributed by atoms with van der Waals surface area (Å²) < 4.78 is 0. The Bertz CT molecular complexity index is 488. The fraction of sp³-hybridized carbons (Fsp3) is 0.364. The van der Waals surface area contributed by atoms with Crippen LogP contribution in [0.25, 0.3) is 0 Å². The topological polar surface area (TPSA) is 95.2 Å². The average Bonchev–Trinajstić information content (AvgIpc) is 2.38. The van der Waals surface area contributed by atoms with Gasteiger partial charge in [0.25, 0.3) is 0 Å². The predicted molar refractivity (Wildman–Crippen MR) is 67.2 cm³/mol. The van der Waals surface area contributed by atoms with Gasteiger partial charge in [-0.25, -0.2) is 9.78 Å². The second-order valence-corrected chi connectivity index (χ2v) is 4.00. The second-order valence-electron chi connectivity index (χ2n) is 4.00. The standard InChI is InChI=1S/C11H15N5O2/c1-6(12-2)10(17)16-9-4-3-7-8(14-9)5-13-11(18)15-7/h3-4,6,12H,5H2,1-2H3,(H2,13,15,18)(H,14,16,17). The third-order valence-electron chi connectivity index (χ3n) is 2.72. The van der Waals surface area contributed by atoms with E-state index in [1.807, 2.05) is 0 Å². The maximum absolute atomic E-state index is 11.7. The molecular weight excluding hydrogens is 234 g/mol. The molecule has 18 heavy (non-hydrogen) atoms. The number of fused-ring (bicyclic) bond motifs is 1. The number of hydrogen-bond acceptors (Lipinski definition) is 4. The number of nitrogens with zero attached hydrogens (tertiary/aromatic N) is 1. The van der Waals surface area contributed by atoms with Gasteiger partial charge in [0, 0.05) is 0 Å². The van der Waals surface area contributed by atoms with E-state index in [9.17, 15) is 9.59 Å². The lowest BCUT2D eigenvalue weighted by atomic mass is 10.2. The minimum absolute atomic E-state index is 0.155. The Kier molecular flexibility index (Phi) is 3.42. The number of anilines is 2. The highest BCUT2D eigenvalue weighted by Crippen LogP contribution is 2.19. The molecule has 2 rings (SSSR count). The third kappa shape index (κ3) is 2.57. The quantitative estimate of drug-likeness (QED) is 0.618. The highest BCUT2D eigenvalue weighted by Gasteiger charge is 2.16. The lowest BCUT2D eigenvalue weighted by molar-refractivity contribution is -0.117. The van der Waals surface area contributed by atoms with Crippen LogP contribution in [0.2, 0.25) is 0 Å². The summed E-state index contributed by atoms with van der Waals surface area (Å²) in [5.74, 6) is 0.316. The van der Waals surface area contributed by atoms with Crippen LogP contribution in [0.4, 0.5) is 16.3 Å². The van der Waals surface area contributed by atoms with Gasteiger partial charge in [-0.1, -0.05) is 0 Å². The molecule has 0 bridgehead atoms. The Morgan fingerprint density at radius 2 is 2.28 bits per heavy atom. The Morgan fingerprint density at radius 1 is 1.50 bits per heavy atom. The van der Waals surface area contributed by atoms with Crippen LogP contribution in [0.5, 0.6) is 0 Å². The van der Waals surface area contributed by atoms with E-state index in [1.165, 1.54) is 0 Å². The molecule has 1 unspecified atom stereocenters. The maximum atomic E-state index is 11.7. The van der Waals surface area contributed by atoms with E-state index >= 15 is 0 Å². The molecule has 1 atom stereocenters. The molecule has 0 saturated heterocycles. The zero-order chi connectivity index (χ0) is 13.1. The van der Waals surface area contributed by atoms with Crippen molar-refractivity contribution < 1.29 is 9.59 Å². The molecule has 3 amide bonds. The van der Waals surface area contributed by atoms with E-state index in [0.29, 0.717) is 23.7 Å². The Morgan fingerprint density at radius 3 is 3.00 bits per heavy atom. The summed E-state index contributed by atoms with van der Waals surface area (Å²) in [4.78, 5) is 27.0. The molecule has 0 radical (unpaired) electrons. The molecule has 1 aliphatic heterocycles. The Labute approximate surface area is 104 Å². The number of amides is 3. The van der Waals surface area contributed by atoms with Gasteiger partial charge in [-0.05, 0) is 26.1 Å². The van der Waals surface area contributed by atoms with Crippen LogP contribution in [0, 0.1) is 0 Å². The summed E-state index contributed by atoms with van der Waals surface area (Å²) in [7, 11) is 1.71. The van der Waals surface area contributed by atoms with Crippen molar-refractivity contribution in [3.63, 3.8) is 0 Å². The fourth-order valence-electron chi connectivity index (χ4n) is 1.52. The average molecular weight is 249 g/mol. The van der Waals surface area contributed by atoms with E-state index < -0.39 is 0 Å². The smallest absolute Gasteiger partial charge is 0.319 e. The molecule has 7 heteroatoms. The normalized spacial score (nSPS) is 15.1. The van der Waals surface area contributed by atoms with Gasteiger partial charge in [0.15, 0.2) is 0 Å². The van der Waals surface area contributed by atoms with Crippen LogP contribution in [-0.4, -0.2) is 30.0 Å². The number of nitrogens with one attached hydrogen (secondary N) is 4. The first-order valence-corrected chi connectivity index (χ1v) is 5.63. The fourth-order valence-corrected chi connectivity index (χ4v) is 1.52. The summed E-state index contributed by atoms with van der Waals surface area (Å²) >= 11 is 0. The first-order chi connectivity index (χ1) is 8.60. The van der Waals surface area contributed by atoms with Crippen LogP contribution < -0.4 is 21.3 Å². The van der Waals surface area contributed by atoms with Crippen molar-refractivity contribution in [3.8, 4) is 0 Å². The largest absolute Gasteiger partial charge is 0.332 e. The minimum atomic E-state index is -0.291. The van der Waals surface area contributed by atoms with Gasteiger partial charge in [-0.3, -0.25) is 4.79 Å². The van der Waals surface area contributed by atoms with Gasteiger partial charge >= 0.3 is 6.03 Å². The van der Waals surface area contributed by atoms with Crippen LogP contribution >= 0.6 is 0 Å². The number of carbonyl (C=O) groups is 2. The van der Waals surface area contributed by atoms with E-state index in [-0.39, 0.29) is 18.0 Å². The summed E-state index contributed by atoms with van der Waals surface area (Å²) in [5.41, 5.74) is 1.36. The third-order valence-corrected chi connectivity index (χ3v) is 2.72. The molecule has 1 aromatic heterocycles. The number of hydrogen-bond donors (Lipinski definition) is 4. The van der Waals surface area contributed by atoms with Gasteiger partial charge in [0.05, 0.1) is 24.0 Å². The highest BCUT2D eigenvalue weighted by atomic mass is 16.2. The van der Waals surface area contributed by atoms with E-state index in [1.54, 1.807) is 26.1 Å². The van der Waals surface area contributed by atoms with Crippen LogP contribution in [0.3, 0.4) is 0 Å². The second kappa shape index (κ2) is 5.01. The van der Waals surface area contributed by atoms with Crippen molar-refractivity contribution in [2.45, 2.75) is 19.5 Å². The SMILES string of the molecule is CNC(C)C(=O)Nc1ccc2c(n1)CNC(=O)N2. The first kappa shape index (κ1) is 12.3. The van der Waals surface area contributed by atoms with Crippen molar-refractivity contribution in [3.05, 3.63) is 17.8 Å². The van der Waals surface area contributed by atoms with Crippen LogP contribution in [0.15, 0.2) is 12.1 Å². The monoisotopic (exact) mass is 249 g/mol. The first-order valence-electron chi connectivity index (χ1n) is 5.63. The van der Waals surface area contributed by atoms with Crippen molar-refractivity contribution in [1.29, 1.82) is 0 Å². The number of urea groups is 1. The van der Waals surface area contributed by atoms with Crippen molar-refractivity contribution in [1.82, 2.24) is 15.6 Å². The number of aromatic nitrogens is 1. The van der Waals surface area contributed by atoms with Gasteiger partial charge < -0.3 is 21.3 Å². The Hall–Kier alpha value is -2.15. The predicted octanol–water partition coefficient (Wildman–Crippen LogP) is 0.263. The molecule has 7 nitrogen and oxygen atoms in total. The lowest BCUT2D eigenvalue weighted by Crippen LogP contribution is -2.36. The van der Waals surface area contributed by atoms with Crippen molar-refractivity contribution in [2.75, 3.05) is 17.7 Å². The molecule has 0 aromatic carbocycles. The summed E-state index contributed by atoms with van der Waals surface area (Å²) in [5, 5.41) is 10.8. The number of carbonyl (C=O) groups excluding carboxylic acids is 2. The molecule has 4 N–H and O–H groups in total. The van der Waals surface area contributed by atoms with Gasteiger partial charge in [0.1, 0.15) is 5.82 Å². The Balaban J connectivity index is 2.12. The number of rotatable bonds is 3. The van der Waals surface area contributed by atoms with Gasteiger partial charge in [0.2, 0.25) is 5.91 Å². The lowest BCUT2D eigenvalue weighted by Gasteiger charge is -2.18. The molecular formula is C11H15N5O2. The molecule has 2 heterocycles. The maximum Gasteiger partial charge on any atom is 0.319 e. The highest BCUT2D eigenvalue weighted by molar-refractivity contribution is 5.95. The minimum Gasteiger partial charge on any atom is -0.332 e.